The summed E-state index contributed by atoms with van der Waals surface area (Å²) in [5.74, 6) is -1.46. The van der Waals surface area contributed by atoms with E-state index in [0.29, 0.717) is 19.4 Å². The number of aliphatic carboxylic acids is 1. The van der Waals surface area contributed by atoms with E-state index >= 15 is 0 Å². The summed E-state index contributed by atoms with van der Waals surface area (Å²) in [7, 11) is 0. The lowest BCUT2D eigenvalue weighted by molar-refractivity contribution is -0.147. The van der Waals surface area contributed by atoms with Gasteiger partial charge in [0.1, 0.15) is 16.4 Å². The van der Waals surface area contributed by atoms with Crippen LogP contribution in [-0.2, 0) is 4.79 Å². The van der Waals surface area contributed by atoms with Crippen molar-refractivity contribution in [3.8, 4) is 0 Å². The number of carboxylic acids is 1. The van der Waals surface area contributed by atoms with Crippen molar-refractivity contribution >= 4 is 23.5 Å². The van der Waals surface area contributed by atoms with E-state index < -0.39 is 17.4 Å². The van der Waals surface area contributed by atoms with Crippen LogP contribution in [0.2, 0.25) is 5.15 Å². The van der Waals surface area contributed by atoms with Crippen LogP contribution in [0.1, 0.15) is 30.3 Å². The van der Waals surface area contributed by atoms with E-state index in [2.05, 4.69) is 9.97 Å². The van der Waals surface area contributed by atoms with Crippen molar-refractivity contribution in [1.29, 1.82) is 0 Å². The predicted octanol–water partition coefficient (Wildman–Crippen LogP) is 1.21. The molecule has 0 aliphatic carbocycles. The fraction of sp³-hybridized carbons (Fsp3) is 0.455. The Bertz CT molecular complexity index is 508. The van der Waals surface area contributed by atoms with Gasteiger partial charge >= 0.3 is 5.97 Å². The number of rotatable bonds is 2. The van der Waals surface area contributed by atoms with Gasteiger partial charge in [0, 0.05) is 6.54 Å². The fourth-order valence-corrected chi connectivity index (χ4v) is 2.24. The van der Waals surface area contributed by atoms with Gasteiger partial charge < -0.3 is 10.0 Å². The molecule has 6 nitrogen and oxygen atoms in total. The maximum absolute atomic E-state index is 12.2. The van der Waals surface area contributed by atoms with Crippen LogP contribution in [0.5, 0.6) is 0 Å². The van der Waals surface area contributed by atoms with E-state index in [4.69, 9.17) is 11.6 Å². The molecule has 1 aliphatic rings. The molecule has 2 rings (SSSR count). The van der Waals surface area contributed by atoms with Crippen molar-refractivity contribution in [1.82, 2.24) is 14.9 Å². The van der Waals surface area contributed by atoms with Crippen molar-refractivity contribution in [2.45, 2.75) is 25.3 Å². The van der Waals surface area contributed by atoms with Crippen LogP contribution in [0.3, 0.4) is 0 Å². The largest absolute Gasteiger partial charge is 0.480 e. The summed E-state index contributed by atoms with van der Waals surface area (Å²) in [6, 6.07) is 0. The van der Waals surface area contributed by atoms with E-state index in [-0.39, 0.29) is 10.8 Å². The van der Waals surface area contributed by atoms with E-state index in [9.17, 15) is 14.7 Å². The van der Waals surface area contributed by atoms with Crippen LogP contribution in [0.25, 0.3) is 0 Å². The summed E-state index contributed by atoms with van der Waals surface area (Å²) >= 11 is 5.67. The van der Waals surface area contributed by atoms with E-state index in [0.717, 1.165) is 0 Å². The topological polar surface area (TPSA) is 83.4 Å². The third kappa shape index (κ3) is 2.03. The Labute approximate surface area is 109 Å². The Kier molecular flexibility index (Phi) is 3.21. The molecular formula is C11H12ClN3O3. The van der Waals surface area contributed by atoms with Gasteiger partial charge in [0.2, 0.25) is 0 Å². The zero-order valence-electron chi connectivity index (χ0n) is 9.76. The first-order chi connectivity index (χ1) is 8.45. The monoisotopic (exact) mass is 269 g/mol. The predicted molar refractivity (Wildman–Crippen MR) is 63.4 cm³/mol. The number of nitrogens with zero attached hydrogens (tertiary/aromatic N) is 3. The Morgan fingerprint density at radius 2 is 2.22 bits per heavy atom. The lowest BCUT2D eigenvalue weighted by Crippen LogP contribution is -2.51. The molecule has 1 atom stereocenters. The molecule has 2 heterocycles. The highest BCUT2D eigenvalue weighted by atomic mass is 35.5. The quantitative estimate of drug-likeness (QED) is 0.872. The Morgan fingerprint density at radius 1 is 1.50 bits per heavy atom. The van der Waals surface area contributed by atoms with Crippen LogP contribution in [0.4, 0.5) is 0 Å². The van der Waals surface area contributed by atoms with E-state index in [1.165, 1.54) is 24.2 Å². The van der Waals surface area contributed by atoms with Crippen molar-refractivity contribution in [3.63, 3.8) is 0 Å². The molecule has 0 bridgehead atoms. The van der Waals surface area contributed by atoms with E-state index in [1.54, 1.807) is 0 Å². The molecule has 1 fully saturated rings. The molecule has 1 amide bonds. The number of amides is 1. The summed E-state index contributed by atoms with van der Waals surface area (Å²) < 4.78 is 0. The van der Waals surface area contributed by atoms with Gasteiger partial charge in [0.05, 0.1) is 12.4 Å². The minimum Gasteiger partial charge on any atom is -0.480 e. The zero-order chi connectivity index (χ0) is 13.3. The molecule has 18 heavy (non-hydrogen) atoms. The molecule has 0 spiro atoms. The van der Waals surface area contributed by atoms with Gasteiger partial charge in [0.25, 0.3) is 5.91 Å². The van der Waals surface area contributed by atoms with Crippen molar-refractivity contribution in [3.05, 3.63) is 23.2 Å². The number of carbonyl (C=O) groups is 2. The second kappa shape index (κ2) is 4.53. The Balaban J connectivity index is 2.32. The Hall–Kier alpha value is -1.69. The molecule has 1 unspecified atom stereocenters. The lowest BCUT2D eigenvalue weighted by atomic mass is 9.99. The molecule has 0 saturated carbocycles. The second-order valence-corrected chi connectivity index (χ2v) is 4.75. The molecule has 7 heteroatoms. The summed E-state index contributed by atoms with van der Waals surface area (Å²) in [5.41, 5.74) is -1.11. The van der Waals surface area contributed by atoms with Crippen LogP contribution < -0.4 is 0 Å². The summed E-state index contributed by atoms with van der Waals surface area (Å²) in [5, 5.41) is 9.35. The standard InChI is InChI=1S/C11H12ClN3O3/c1-11(10(17)18)3-2-4-15(11)9(16)7-5-13-6-8(12)14-7/h5-6H,2-4H2,1H3,(H,17,18). The zero-order valence-corrected chi connectivity index (χ0v) is 10.5. The minimum absolute atomic E-state index is 0.0666. The van der Waals surface area contributed by atoms with Crippen LogP contribution >= 0.6 is 11.6 Å². The van der Waals surface area contributed by atoms with Crippen molar-refractivity contribution < 1.29 is 14.7 Å². The highest BCUT2D eigenvalue weighted by Crippen LogP contribution is 2.30. The van der Waals surface area contributed by atoms with Gasteiger partial charge in [-0.1, -0.05) is 11.6 Å². The first-order valence-corrected chi connectivity index (χ1v) is 5.86. The first-order valence-electron chi connectivity index (χ1n) is 5.48. The SMILES string of the molecule is CC1(C(=O)O)CCCN1C(=O)c1cncc(Cl)n1. The van der Waals surface area contributed by atoms with Crippen LogP contribution in [0, 0.1) is 0 Å². The van der Waals surface area contributed by atoms with Crippen molar-refractivity contribution in [2.75, 3.05) is 6.54 Å². The van der Waals surface area contributed by atoms with Crippen molar-refractivity contribution in [2.24, 2.45) is 0 Å². The molecule has 0 radical (unpaired) electrons. The maximum atomic E-state index is 12.2. The third-order valence-electron chi connectivity index (χ3n) is 3.17. The molecule has 96 valence electrons. The molecule has 1 aliphatic heterocycles. The maximum Gasteiger partial charge on any atom is 0.329 e. The van der Waals surface area contributed by atoms with Gasteiger partial charge in [-0.3, -0.25) is 9.78 Å². The fourth-order valence-electron chi connectivity index (χ4n) is 2.09. The third-order valence-corrected chi connectivity index (χ3v) is 3.35. The average molecular weight is 270 g/mol. The number of hydrogen-bond acceptors (Lipinski definition) is 4. The number of likely N-dealkylation sites (tertiary alicyclic amines) is 1. The lowest BCUT2D eigenvalue weighted by Gasteiger charge is -2.30. The summed E-state index contributed by atoms with van der Waals surface area (Å²) in [6.07, 6.45) is 3.69. The number of aromatic nitrogens is 2. The molecular weight excluding hydrogens is 258 g/mol. The minimum atomic E-state index is -1.18. The van der Waals surface area contributed by atoms with Gasteiger partial charge in [-0.25, -0.2) is 9.78 Å². The van der Waals surface area contributed by atoms with Gasteiger partial charge in [0.15, 0.2) is 0 Å². The van der Waals surface area contributed by atoms with Gasteiger partial charge in [-0.15, -0.1) is 0 Å². The highest BCUT2D eigenvalue weighted by molar-refractivity contribution is 6.29. The first kappa shape index (κ1) is 12.8. The number of hydrogen-bond donors (Lipinski definition) is 1. The molecule has 1 aromatic rings. The molecule has 1 N–H and O–H groups in total. The average Bonchev–Trinajstić information content (AvgIpc) is 2.72. The smallest absolute Gasteiger partial charge is 0.329 e. The second-order valence-electron chi connectivity index (χ2n) is 4.37. The summed E-state index contributed by atoms with van der Waals surface area (Å²) in [4.78, 5) is 32.5. The van der Waals surface area contributed by atoms with Gasteiger partial charge in [-0.2, -0.15) is 0 Å². The van der Waals surface area contributed by atoms with Crippen LogP contribution in [0.15, 0.2) is 12.4 Å². The molecule has 1 aromatic heterocycles. The number of halogens is 1. The van der Waals surface area contributed by atoms with E-state index in [1.807, 2.05) is 0 Å². The van der Waals surface area contributed by atoms with Gasteiger partial charge in [-0.05, 0) is 19.8 Å². The highest BCUT2D eigenvalue weighted by Gasteiger charge is 2.46. The normalized spacial score (nSPS) is 23.1. The Morgan fingerprint density at radius 3 is 2.83 bits per heavy atom. The number of carbonyl (C=O) groups excluding carboxylic acids is 1. The number of carboxylic acid groups (broad SMARTS) is 1. The van der Waals surface area contributed by atoms with Crippen LogP contribution in [-0.4, -0.2) is 43.9 Å². The summed E-state index contributed by atoms with van der Waals surface area (Å²) in [6.45, 7) is 1.94. The molecule has 0 aromatic carbocycles. The molecule has 1 saturated heterocycles.